The van der Waals surface area contributed by atoms with Gasteiger partial charge in [0.2, 0.25) is 0 Å². The Morgan fingerprint density at radius 1 is 0.400 bits per heavy atom. The molecule has 7 aromatic carbocycles. The third kappa shape index (κ3) is 4.82. The van der Waals surface area contributed by atoms with Crippen molar-refractivity contribution in [3.63, 3.8) is 0 Å². The summed E-state index contributed by atoms with van der Waals surface area (Å²) in [6, 6.07) is 56.9. The molecular weight excluding hydrogens is 561 g/mol. The minimum atomic E-state index is -1.80. The second-order valence-electron chi connectivity index (χ2n) is 12.4. The Hall–Kier alpha value is -5.38. The molecule has 0 aromatic heterocycles. The van der Waals surface area contributed by atoms with Gasteiger partial charge in [0.15, 0.2) is 0 Å². The number of nitrogens with one attached hydrogen (secondary N) is 2. The Morgan fingerprint density at radius 3 is 1.80 bits per heavy atom. The number of hydrogen-bond donors (Lipinski definition) is 2. The van der Waals surface area contributed by atoms with Crippen molar-refractivity contribution in [3.05, 3.63) is 158 Å². The first kappa shape index (κ1) is 27.2. The van der Waals surface area contributed by atoms with E-state index in [1.807, 2.05) is 0 Å². The third-order valence-corrected chi connectivity index (χ3v) is 12.8. The molecule has 3 heteroatoms. The Morgan fingerprint density at radius 2 is 1.00 bits per heavy atom. The highest BCUT2D eigenvalue weighted by molar-refractivity contribution is 7.03. The van der Waals surface area contributed by atoms with E-state index in [1.54, 1.807) is 0 Å². The fraction of sp³-hybridized carbons (Fsp3) is 0.0476. The summed E-state index contributed by atoms with van der Waals surface area (Å²) >= 11 is 0. The summed E-state index contributed by atoms with van der Waals surface area (Å²) in [5.41, 5.74) is 11.9. The van der Waals surface area contributed by atoms with Crippen molar-refractivity contribution < 1.29 is 0 Å². The lowest BCUT2D eigenvalue weighted by Crippen LogP contribution is -2.49. The summed E-state index contributed by atoms with van der Waals surface area (Å²) in [6.45, 7) is 4.94. The lowest BCUT2D eigenvalue weighted by molar-refractivity contribution is 1.53. The van der Waals surface area contributed by atoms with E-state index in [0.717, 1.165) is 22.7 Å². The zero-order chi connectivity index (χ0) is 30.4. The van der Waals surface area contributed by atoms with Gasteiger partial charge in [-0.05, 0) is 73.9 Å². The molecule has 8 rings (SSSR count). The van der Waals surface area contributed by atoms with Crippen LogP contribution in [0.5, 0.6) is 0 Å². The minimum Gasteiger partial charge on any atom is -0.355 e. The molecule has 1 aliphatic rings. The third-order valence-electron chi connectivity index (χ3n) is 9.22. The molecular formula is C42H34N2Si. The van der Waals surface area contributed by atoms with Gasteiger partial charge in [-0.15, -0.1) is 0 Å². The number of rotatable bonds is 6. The van der Waals surface area contributed by atoms with Gasteiger partial charge in [-0.25, -0.2) is 0 Å². The number of benzene rings is 7. The van der Waals surface area contributed by atoms with Crippen molar-refractivity contribution in [2.45, 2.75) is 13.1 Å². The zero-order valence-electron chi connectivity index (χ0n) is 25.5. The van der Waals surface area contributed by atoms with Crippen LogP contribution in [0.3, 0.4) is 0 Å². The van der Waals surface area contributed by atoms with Crippen LogP contribution < -0.4 is 21.0 Å². The lowest BCUT2D eigenvalue weighted by atomic mass is 9.94. The van der Waals surface area contributed by atoms with Crippen molar-refractivity contribution >= 4 is 52.0 Å². The SMILES string of the molecule is C[Si]1(C)c2ccccc2-c2ccc(Nc3cc(Nc4cccc(-c5ccccc5)c4)c4ccccc4c3-c3ccccc3)cc21. The highest BCUT2D eigenvalue weighted by Gasteiger charge is 2.37. The molecule has 7 aromatic rings. The zero-order valence-corrected chi connectivity index (χ0v) is 26.5. The van der Waals surface area contributed by atoms with Gasteiger partial charge in [0.1, 0.15) is 8.07 Å². The van der Waals surface area contributed by atoms with Crippen molar-refractivity contribution in [2.24, 2.45) is 0 Å². The Bertz CT molecular complexity index is 2190. The molecule has 0 aliphatic carbocycles. The molecule has 0 radical (unpaired) electrons. The van der Waals surface area contributed by atoms with E-state index in [-0.39, 0.29) is 0 Å². The maximum absolute atomic E-state index is 3.90. The first-order valence-electron chi connectivity index (χ1n) is 15.6. The maximum Gasteiger partial charge on any atom is 0.113 e. The topological polar surface area (TPSA) is 24.1 Å². The minimum absolute atomic E-state index is 1.06. The Balaban J connectivity index is 1.26. The molecule has 0 fully saturated rings. The lowest BCUT2D eigenvalue weighted by Gasteiger charge is -2.22. The molecule has 1 heterocycles. The van der Waals surface area contributed by atoms with Crippen LogP contribution in [0, 0.1) is 0 Å². The van der Waals surface area contributed by atoms with E-state index in [9.17, 15) is 0 Å². The smallest absolute Gasteiger partial charge is 0.113 e. The molecule has 0 amide bonds. The van der Waals surface area contributed by atoms with Gasteiger partial charge in [-0.3, -0.25) is 0 Å². The van der Waals surface area contributed by atoms with Gasteiger partial charge in [0.25, 0.3) is 0 Å². The second kappa shape index (κ2) is 11.0. The predicted molar refractivity (Wildman–Crippen MR) is 196 cm³/mol. The van der Waals surface area contributed by atoms with E-state index in [0.29, 0.717) is 0 Å². The summed E-state index contributed by atoms with van der Waals surface area (Å²) in [5.74, 6) is 0. The van der Waals surface area contributed by atoms with Crippen LogP contribution in [0.4, 0.5) is 22.7 Å². The van der Waals surface area contributed by atoms with Crippen LogP contribution in [-0.2, 0) is 0 Å². The maximum atomic E-state index is 3.90. The summed E-state index contributed by atoms with van der Waals surface area (Å²) < 4.78 is 0. The van der Waals surface area contributed by atoms with E-state index < -0.39 is 8.07 Å². The van der Waals surface area contributed by atoms with Crippen LogP contribution in [0.2, 0.25) is 13.1 Å². The monoisotopic (exact) mass is 594 g/mol. The van der Waals surface area contributed by atoms with E-state index in [4.69, 9.17) is 0 Å². The molecule has 0 atom stereocenters. The molecule has 216 valence electrons. The van der Waals surface area contributed by atoms with Crippen molar-refractivity contribution in [1.82, 2.24) is 0 Å². The number of anilines is 4. The van der Waals surface area contributed by atoms with Crippen LogP contribution in [0.1, 0.15) is 0 Å². The first-order valence-corrected chi connectivity index (χ1v) is 18.6. The molecule has 0 saturated carbocycles. The van der Waals surface area contributed by atoms with Crippen LogP contribution in [0.15, 0.2) is 158 Å². The van der Waals surface area contributed by atoms with Crippen LogP contribution >= 0.6 is 0 Å². The fourth-order valence-electron chi connectivity index (χ4n) is 6.99. The predicted octanol–water partition coefficient (Wildman–Crippen LogP) is 10.5. The summed E-state index contributed by atoms with van der Waals surface area (Å²) in [4.78, 5) is 0. The molecule has 0 unspecified atom stereocenters. The summed E-state index contributed by atoms with van der Waals surface area (Å²) in [6.07, 6.45) is 0. The molecule has 1 aliphatic heterocycles. The Labute approximate surface area is 266 Å². The second-order valence-corrected chi connectivity index (χ2v) is 16.7. The normalized spacial score (nSPS) is 12.8. The standard InChI is InChI=1S/C42H34N2Si/c1-45(2)40-23-12-11-21-35(40)36-25-24-33(27-41(36)45)44-39-28-38(43-32-19-13-18-31(26-32)29-14-5-3-6-15-29)34-20-9-10-22-37(34)42(39)30-16-7-4-8-17-30/h3-28,43-44H,1-2H3. The highest BCUT2D eigenvalue weighted by atomic mass is 28.3. The molecule has 45 heavy (non-hydrogen) atoms. The van der Waals surface area contributed by atoms with E-state index in [1.165, 1.54) is 54.5 Å². The van der Waals surface area contributed by atoms with Gasteiger partial charge in [0.05, 0.1) is 0 Å². The molecule has 0 bridgehead atoms. The first-order chi connectivity index (χ1) is 22.1. The average Bonchev–Trinajstić information content (AvgIpc) is 3.31. The molecule has 0 spiro atoms. The highest BCUT2D eigenvalue weighted by Crippen LogP contribution is 2.42. The quantitative estimate of drug-likeness (QED) is 0.187. The van der Waals surface area contributed by atoms with Gasteiger partial charge in [-0.1, -0.05) is 140 Å². The summed E-state index contributed by atoms with van der Waals surface area (Å²) in [5, 5.41) is 13.1. The van der Waals surface area contributed by atoms with Crippen molar-refractivity contribution in [2.75, 3.05) is 10.6 Å². The van der Waals surface area contributed by atoms with E-state index in [2.05, 4.69) is 181 Å². The van der Waals surface area contributed by atoms with Crippen LogP contribution in [0.25, 0.3) is 44.2 Å². The van der Waals surface area contributed by atoms with Crippen molar-refractivity contribution in [1.29, 1.82) is 0 Å². The number of fused-ring (bicyclic) bond motifs is 4. The van der Waals surface area contributed by atoms with Gasteiger partial charge < -0.3 is 10.6 Å². The largest absolute Gasteiger partial charge is 0.355 e. The molecule has 2 nitrogen and oxygen atoms in total. The van der Waals surface area contributed by atoms with Crippen LogP contribution in [-0.4, -0.2) is 8.07 Å². The van der Waals surface area contributed by atoms with Gasteiger partial charge >= 0.3 is 0 Å². The summed E-state index contributed by atoms with van der Waals surface area (Å²) in [7, 11) is -1.80. The number of hydrogen-bond acceptors (Lipinski definition) is 2. The Kier molecular flexibility index (Phi) is 6.62. The fourth-order valence-corrected chi connectivity index (χ4v) is 10.1. The van der Waals surface area contributed by atoms with Gasteiger partial charge in [-0.2, -0.15) is 0 Å². The molecule has 0 saturated heterocycles. The van der Waals surface area contributed by atoms with E-state index >= 15 is 0 Å². The van der Waals surface area contributed by atoms with Crippen molar-refractivity contribution in [3.8, 4) is 33.4 Å². The van der Waals surface area contributed by atoms with Gasteiger partial charge in [0, 0.05) is 33.7 Å². The molecule has 2 N–H and O–H groups in total. The average molecular weight is 595 g/mol.